The first-order chi connectivity index (χ1) is 15.9. The first kappa shape index (κ1) is 22.8. The van der Waals surface area contributed by atoms with Gasteiger partial charge in [0, 0.05) is 25.0 Å². The van der Waals surface area contributed by atoms with Gasteiger partial charge in [-0.3, -0.25) is 9.59 Å². The van der Waals surface area contributed by atoms with Crippen LogP contribution in [0.3, 0.4) is 0 Å². The number of nitrogens with one attached hydrogen (secondary N) is 2. The Morgan fingerprint density at radius 1 is 1.12 bits per heavy atom. The maximum absolute atomic E-state index is 13.0. The largest absolute Gasteiger partial charge is 0.481 e. The van der Waals surface area contributed by atoms with Gasteiger partial charge in [-0.05, 0) is 28.7 Å². The maximum atomic E-state index is 13.0. The molecule has 1 saturated heterocycles. The Hall–Kier alpha value is -3.39. The van der Waals surface area contributed by atoms with Gasteiger partial charge in [-0.1, -0.05) is 55.5 Å². The second-order valence-electron chi connectivity index (χ2n) is 8.51. The Labute approximate surface area is 192 Å². The summed E-state index contributed by atoms with van der Waals surface area (Å²) in [5.41, 5.74) is 3.18. The van der Waals surface area contributed by atoms with Crippen molar-refractivity contribution in [3.05, 3.63) is 59.7 Å². The van der Waals surface area contributed by atoms with Gasteiger partial charge in [0.2, 0.25) is 5.91 Å². The molecule has 0 spiro atoms. The molecule has 1 unspecified atom stereocenters. The van der Waals surface area contributed by atoms with Crippen LogP contribution in [-0.4, -0.2) is 54.5 Å². The third-order valence-corrected chi connectivity index (χ3v) is 6.39. The molecule has 2 aromatic rings. The molecule has 0 radical (unpaired) electrons. The number of amides is 2. The second-order valence-corrected chi connectivity index (χ2v) is 8.51. The van der Waals surface area contributed by atoms with Crippen LogP contribution in [0.1, 0.15) is 43.2 Å². The molecular weight excluding hydrogens is 424 g/mol. The van der Waals surface area contributed by atoms with Gasteiger partial charge in [0.1, 0.15) is 12.1 Å². The zero-order valence-corrected chi connectivity index (χ0v) is 18.5. The van der Waals surface area contributed by atoms with E-state index in [4.69, 9.17) is 14.6 Å². The summed E-state index contributed by atoms with van der Waals surface area (Å²) in [6.07, 6.45) is -0.153. The van der Waals surface area contributed by atoms with Gasteiger partial charge < -0.3 is 25.2 Å². The maximum Gasteiger partial charge on any atom is 0.408 e. The van der Waals surface area contributed by atoms with Crippen LogP contribution < -0.4 is 10.6 Å². The first-order valence-electron chi connectivity index (χ1n) is 11.2. The van der Waals surface area contributed by atoms with E-state index in [2.05, 4.69) is 22.8 Å². The summed E-state index contributed by atoms with van der Waals surface area (Å²) < 4.78 is 11.0. The van der Waals surface area contributed by atoms with Gasteiger partial charge >= 0.3 is 12.1 Å². The normalized spacial score (nSPS) is 19.9. The fraction of sp³-hybridized carbons (Fsp3) is 0.400. The van der Waals surface area contributed by atoms with Crippen molar-refractivity contribution in [1.29, 1.82) is 0 Å². The van der Waals surface area contributed by atoms with Crippen LogP contribution in [0.4, 0.5) is 4.79 Å². The number of aliphatic carboxylic acids is 1. The minimum absolute atomic E-state index is 0.00648. The van der Waals surface area contributed by atoms with Gasteiger partial charge in [-0.15, -0.1) is 0 Å². The highest BCUT2D eigenvalue weighted by Crippen LogP contribution is 2.44. The number of rotatable bonds is 8. The monoisotopic (exact) mass is 452 g/mol. The first-order valence-corrected chi connectivity index (χ1v) is 11.2. The number of benzene rings is 2. The highest BCUT2D eigenvalue weighted by molar-refractivity contribution is 5.91. The zero-order valence-electron chi connectivity index (χ0n) is 18.5. The molecule has 1 fully saturated rings. The van der Waals surface area contributed by atoms with E-state index in [1.54, 1.807) is 6.92 Å². The van der Waals surface area contributed by atoms with E-state index in [0.717, 1.165) is 22.3 Å². The van der Waals surface area contributed by atoms with Crippen molar-refractivity contribution in [3.63, 3.8) is 0 Å². The number of ether oxygens (including phenoxy) is 2. The van der Waals surface area contributed by atoms with E-state index >= 15 is 0 Å². The van der Waals surface area contributed by atoms with Crippen molar-refractivity contribution in [2.24, 2.45) is 0 Å². The Bertz CT molecular complexity index is 1000. The Morgan fingerprint density at radius 3 is 2.30 bits per heavy atom. The van der Waals surface area contributed by atoms with Crippen molar-refractivity contribution >= 4 is 18.0 Å². The molecule has 0 aromatic heterocycles. The number of carboxylic acids is 1. The van der Waals surface area contributed by atoms with Crippen LogP contribution in [0.15, 0.2) is 48.5 Å². The third-order valence-electron chi connectivity index (χ3n) is 6.39. The number of alkyl carbamates (subject to hydrolysis) is 1. The summed E-state index contributed by atoms with van der Waals surface area (Å²) in [5, 5.41) is 14.5. The van der Waals surface area contributed by atoms with Gasteiger partial charge in [-0.25, -0.2) is 4.79 Å². The molecule has 174 valence electrons. The highest BCUT2D eigenvalue weighted by Gasteiger charge is 2.45. The summed E-state index contributed by atoms with van der Waals surface area (Å²) in [6, 6.07) is 15.6. The lowest BCUT2D eigenvalue weighted by atomic mass is 9.96. The number of carbonyl (C=O) groups excluding carboxylic acids is 2. The Balaban J connectivity index is 1.43. The highest BCUT2D eigenvalue weighted by atomic mass is 16.6. The van der Waals surface area contributed by atoms with E-state index in [9.17, 15) is 14.4 Å². The molecule has 2 atom stereocenters. The fourth-order valence-corrected chi connectivity index (χ4v) is 4.56. The minimum atomic E-state index is -1.28. The molecule has 2 aliphatic rings. The van der Waals surface area contributed by atoms with Crippen molar-refractivity contribution in [1.82, 2.24) is 10.6 Å². The lowest BCUT2D eigenvalue weighted by Gasteiger charge is -2.29. The van der Waals surface area contributed by atoms with E-state index < -0.39 is 29.6 Å². The fourth-order valence-electron chi connectivity index (χ4n) is 4.56. The summed E-state index contributed by atoms with van der Waals surface area (Å²) in [6.45, 7) is 2.25. The van der Waals surface area contributed by atoms with Gasteiger partial charge in [0.25, 0.3) is 0 Å². The average Bonchev–Trinajstić information content (AvgIpc) is 3.40. The predicted molar refractivity (Wildman–Crippen MR) is 121 cm³/mol. The lowest BCUT2D eigenvalue weighted by Crippen LogP contribution is -2.61. The summed E-state index contributed by atoms with van der Waals surface area (Å²) in [4.78, 5) is 36.8. The van der Waals surface area contributed by atoms with Crippen molar-refractivity contribution in [2.45, 2.75) is 43.7 Å². The van der Waals surface area contributed by atoms with Crippen LogP contribution in [0.25, 0.3) is 11.1 Å². The number of hydrogen-bond acceptors (Lipinski definition) is 5. The summed E-state index contributed by atoms with van der Waals surface area (Å²) in [5.74, 6) is -1.54. The third kappa shape index (κ3) is 4.71. The van der Waals surface area contributed by atoms with Crippen molar-refractivity contribution < 1.29 is 29.0 Å². The van der Waals surface area contributed by atoms with Crippen molar-refractivity contribution in [2.75, 3.05) is 19.8 Å². The molecule has 1 aliphatic heterocycles. The van der Waals surface area contributed by atoms with E-state index in [-0.39, 0.29) is 32.0 Å². The predicted octanol–water partition coefficient (Wildman–Crippen LogP) is 3.05. The quantitative estimate of drug-likeness (QED) is 0.567. The number of hydrogen-bond donors (Lipinski definition) is 3. The molecule has 4 rings (SSSR count). The van der Waals surface area contributed by atoms with Gasteiger partial charge in [0.15, 0.2) is 0 Å². The van der Waals surface area contributed by atoms with Crippen molar-refractivity contribution in [3.8, 4) is 11.1 Å². The molecule has 0 saturated carbocycles. The molecular formula is C25H28N2O6. The minimum Gasteiger partial charge on any atom is -0.481 e. The molecule has 3 N–H and O–H groups in total. The van der Waals surface area contributed by atoms with Crippen LogP contribution in [0.5, 0.6) is 0 Å². The number of carboxylic acid groups (broad SMARTS) is 1. The van der Waals surface area contributed by atoms with Crippen LogP contribution in [0, 0.1) is 0 Å². The van der Waals surface area contributed by atoms with Crippen LogP contribution in [-0.2, 0) is 19.1 Å². The van der Waals surface area contributed by atoms with Gasteiger partial charge in [0.05, 0.1) is 13.0 Å². The molecule has 1 aliphatic carbocycles. The van der Waals surface area contributed by atoms with Crippen LogP contribution in [0.2, 0.25) is 0 Å². The molecule has 8 nitrogen and oxygen atoms in total. The van der Waals surface area contributed by atoms with E-state index in [1.165, 1.54) is 0 Å². The van der Waals surface area contributed by atoms with Crippen LogP contribution >= 0.6 is 0 Å². The summed E-state index contributed by atoms with van der Waals surface area (Å²) >= 11 is 0. The molecule has 1 heterocycles. The lowest BCUT2D eigenvalue weighted by molar-refractivity contribution is -0.138. The topological polar surface area (TPSA) is 114 Å². The number of fused-ring (bicyclic) bond motifs is 3. The molecule has 0 bridgehead atoms. The molecule has 2 amide bonds. The van der Waals surface area contributed by atoms with Gasteiger partial charge in [-0.2, -0.15) is 0 Å². The molecule has 8 heteroatoms. The number of carbonyl (C=O) groups is 3. The molecule has 33 heavy (non-hydrogen) atoms. The average molecular weight is 453 g/mol. The standard InChI is InChI=1S/C25H28N2O6/c1-2-16(13-22(28)29)26-23(30)25(11-12-32-15-25)27-24(31)33-14-21-19-9-5-3-7-17(19)18-8-4-6-10-20(18)21/h3-10,16,21H,2,11-15H2,1H3,(H,26,30)(H,27,31)(H,28,29)/t16-,25?/m1/s1. The molecule has 2 aromatic carbocycles. The SMILES string of the molecule is CC[C@H](CC(=O)O)NC(=O)C1(NC(=O)OCC2c3ccccc3-c3ccccc32)CCOC1. The Kier molecular flexibility index (Phi) is 6.65. The van der Waals surface area contributed by atoms with E-state index in [1.807, 2.05) is 36.4 Å². The Morgan fingerprint density at radius 2 is 1.76 bits per heavy atom. The summed E-state index contributed by atoms with van der Waals surface area (Å²) in [7, 11) is 0. The zero-order chi connectivity index (χ0) is 23.4. The second kappa shape index (κ2) is 9.62. The van der Waals surface area contributed by atoms with E-state index in [0.29, 0.717) is 13.0 Å². The smallest absolute Gasteiger partial charge is 0.408 e.